The molecule has 10 heteroatoms. The first kappa shape index (κ1) is 28.2. The molecule has 214 valence electrons. The van der Waals surface area contributed by atoms with Crippen molar-refractivity contribution in [1.29, 1.82) is 0 Å². The van der Waals surface area contributed by atoms with Crippen LogP contribution in [-0.2, 0) is 25.6 Å². The topological polar surface area (TPSA) is 126 Å². The smallest absolute Gasteiger partial charge is 0.245 e. The van der Waals surface area contributed by atoms with Gasteiger partial charge in [-0.15, -0.1) is 0 Å². The number of piperidine rings is 1. The third kappa shape index (κ3) is 6.69. The first-order valence-corrected chi connectivity index (χ1v) is 14.1. The number of benzene rings is 1. The summed E-state index contributed by atoms with van der Waals surface area (Å²) < 4.78 is 11.3. The Kier molecular flexibility index (Phi) is 9.11. The van der Waals surface area contributed by atoms with E-state index in [2.05, 4.69) is 26.3 Å². The number of hydrogen-bond acceptors (Lipinski definition) is 7. The molecule has 1 aromatic carbocycles. The number of ether oxygens (including phenoxy) is 2. The van der Waals surface area contributed by atoms with Crippen molar-refractivity contribution in [3.05, 3.63) is 66.1 Å². The Morgan fingerprint density at radius 1 is 1.18 bits per heavy atom. The number of para-hydroxylation sites is 1. The maximum atomic E-state index is 13.9. The summed E-state index contributed by atoms with van der Waals surface area (Å²) in [6.45, 7) is 5.49. The van der Waals surface area contributed by atoms with E-state index < -0.39 is 12.3 Å². The van der Waals surface area contributed by atoms with Crippen molar-refractivity contribution in [2.45, 2.75) is 50.6 Å². The minimum Gasteiger partial charge on any atom is -0.361 e. The maximum absolute atomic E-state index is 13.9. The summed E-state index contributed by atoms with van der Waals surface area (Å²) >= 11 is 0. The molecular weight excluding hydrogens is 508 g/mol. The van der Waals surface area contributed by atoms with Crippen LogP contribution in [0.3, 0.4) is 0 Å². The second-order valence-electron chi connectivity index (χ2n) is 11.1. The maximum Gasteiger partial charge on any atom is 0.245 e. The van der Waals surface area contributed by atoms with Crippen LogP contribution in [0.25, 0.3) is 10.9 Å². The van der Waals surface area contributed by atoms with Crippen molar-refractivity contribution < 1.29 is 19.1 Å². The molecule has 10 nitrogen and oxygen atoms in total. The first-order chi connectivity index (χ1) is 19.4. The summed E-state index contributed by atoms with van der Waals surface area (Å²) in [5.74, 6) is -0.660. The Hall–Kier alpha value is -3.31. The van der Waals surface area contributed by atoms with Gasteiger partial charge in [-0.25, -0.2) is 0 Å². The second-order valence-corrected chi connectivity index (χ2v) is 11.1. The molecule has 2 aliphatic rings. The van der Waals surface area contributed by atoms with Gasteiger partial charge >= 0.3 is 0 Å². The normalized spacial score (nSPS) is 22.1. The van der Waals surface area contributed by atoms with Crippen molar-refractivity contribution in [1.82, 2.24) is 25.1 Å². The van der Waals surface area contributed by atoms with Crippen LogP contribution in [0.1, 0.15) is 36.8 Å². The van der Waals surface area contributed by atoms with E-state index in [0.717, 1.165) is 48.9 Å². The molecule has 4 heterocycles. The number of nitrogens with two attached hydrogens (primary N) is 1. The third-order valence-corrected chi connectivity index (χ3v) is 8.05. The van der Waals surface area contributed by atoms with Gasteiger partial charge in [0.2, 0.25) is 11.8 Å². The van der Waals surface area contributed by atoms with E-state index in [1.54, 1.807) is 18.1 Å². The van der Waals surface area contributed by atoms with Crippen molar-refractivity contribution >= 4 is 22.7 Å². The standard InChI is InChI=1S/C30H40N6O4/c1-20(25-15-33-26-8-4-3-7-24(25)26)28(30(38)35(2)17-27-39-18-23(31)19-40-27)34-29(37)22-9-12-36(13-10-22)16-21-6-5-11-32-14-21/h3-8,11,14-15,20,22-23,27-28,33H,9-10,12-13,16-19,31H2,1-2H3,(H,34,37)/t20-,23?,27?,28-/m1/s1. The SMILES string of the molecule is C[C@H](c1c[nH]c2ccccc12)[C@@H](NC(=O)C1CCN(Cc2cccnc2)CC1)C(=O)N(C)CC1OCC(N)CO1. The molecule has 0 radical (unpaired) electrons. The number of likely N-dealkylation sites (N-methyl/N-ethyl adjacent to an activating group) is 1. The van der Waals surface area contributed by atoms with Gasteiger partial charge in [-0.2, -0.15) is 0 Å². The van der Waals surface area contributed by atoms with E-state index in [1.165, 1.54) is 5.56 Å². The first-order valence-electron chi connectivity index (χ1n) is 14.1. The summed E-state index contributed by atoms with van der Waals surface area (Å²) in [7, 11) is 1.72. The van der Waals surface area contributed by atoms with Gasteiger partial charge in [-0.1, -0.05) is 31.2 Å². The summed E-state index contributed by atoms with van der Waals surface area (Å²) in [6, 6.07) is 11.1. The monoisotopic (exact) mass is 548 g/mol. The number of nitrogens with zero attached hydrogens (tertiary/aromatic N) is 3. The lowest BCUT2D eigenvalue weighted by Gasteiger charge is -2.35. The number of rotatable bonds is 9. The quantitative estimate of drug-likeness (QED) is 0.374. The fraction of sp³-hybridized carbons (Fsp3) is 0.500. The fourth-order valence-electron chi connectivity index (χ4n) is 5.64. The summed E-state index contributed by atoms with van der Waals surface area (Å²) in [5.41, 5.74) is 9.01. The zero-order valence-electron chi connectivity index (χ0n) is 23.3. The molecule has 0 spiro atoms. The predicted molar refractivity (Wildman–Crippen MR) is 152 cm³/mol. The van der Waals surface area contributed by atoms with E-state index in [4.69, 9.17) is 15.2 Å². The highest BCUT2D eigenvalue weighted by molar-refractivity contribution is 5.91. The Bertz CT molecular complexity index is 1270. The van der Waals surface area contributed by atoms with Gasteiger partial charge in [0.15, 0.2) is 6.29 Å². The molecule has 0 saturated carbocycles. The van der Waals surface area contributed by atoms with E-state index >= 15 is 0 Å². The Morgan fingerprint density at radius 3 is 2.65 bits per heavy atom. The van der Waals surface area contributed by atoms with Gasteiger partial charge < -0.3 is 30.4 Å². The highest BCUT2D eigenvalue weighted by atomic mass is 16.7. The molecule has 2 saturated heterocycles. The van der Waals surface area contributed by atoms with Gasteiger partial charge in [0.1, 0.15) is 6.04 Å². The lowest BCUT2D eigenvalue weighted by atomic mass is 9.90. The van der Waals surface area contributed by atoms with E-state index in [0.29, 0.717) is 13.2 Å². The number of aromatic amines is 1. The molecule has 0 aliphatic carbocycles. The number of pyridine rings is 1. The highest BCUT2D eigenvalue weighted by Crippen LogP contribution is 2.29. The van der Waals surface area contributed by atoms with E-state index in [9.17, 15) is 9.59 Å². The van der Waals surface area contributed by atoms with Crippen LogP contribution in [0.2, 0.25) is 0 Å². The average Bonchev–Trinajstić information content (AvgIpc) is 3.41. The number of H-pyrrole nitrogens is 1. The van der Waals surface area contributed by atoms with Crippen LogP contribution in [-0.4, -0.2) is 89.9 Å². The number of fused-ring (bicyclic) bond motifs is 1. The average molecular weight is 549 g/mol. The highest BCUT2D eigenvalue weighted by Gasteiger charge is 2.35. The molecule has 2 aromatic heterocycles. The van der Waals surface area contributed by atoms with Gasteiger partial charge in [0, 0.05) is 54.9 Å². The van der Waals surface area contributed by atoms with E-state index in [1.807, 2.05) is 49.6 Å². The number of aromatic nitrogens is 2. The molecule has 0 bridgehead atoms. The lowest BCUT2D eigenvalue weighted by molar-refractivity contribution is -0.193. The molecule has 4 N–H and O–H groups in total. The number of amides is 2. The zero-order valence-corrected chi connectivity index (χ0v) is 23.3. The molecule has 2 atom stereocenters. The van der Waals surface area contributed by atoms with Crippen LogP contribution >= 0.6 is 0 Å². The second kappa shape index (κ2) is 12.9. The Balaban J connectivity index is 1.27. The summed E-state index contributed by atoms with van der Waals surface area (Å²) in [5, 5.41) is 4.20. The molecule has 2 amide bonds. The molecule has 2 fully saturated rings. The molecule has 0 unspecified atom stereocenters. The number of carbonyl (C=O) groups excluding carboxylic acids is 2. The molecule has 5 rings (SSSR count). The van der Waals surface area contributed by atoms with Crippen molar-refractivity contribution in [2.75, 3.05) is 39.9 Å². The number of hydrogen-bond donors (Lipinski definition) is 3. The van der Waals surface area contributed by atoms with Crippen molar-refractivity contribution in [3.8, 4) is 0 Å². The molecule has 3 aromatic rings. The van der Waals surface area contributed by atoms with Crippen molar-refractivity contribution in [3.63, 3.8) is 0 Å². The number of likely N-dealkylation sites (tertiary alicyclic amines) is 1. The number of nitrogens with one attached hydrogen (secondary N) is 2. The van der Waals surface area contributed by atoms with Gasteiger partial charge in [-0.05, 0) is 49.2 Å². The van der Waals surface area contributed by atoms with E-state index in [-0.39, 0.29) is 36.2 Å². The van der Waals surface area contributed by atoms with Crippen LogP contribution in [0.15, 0.2) is 55.0 Å². The summed E-state index contributed by atoms with van der Waals surface area (Å²) in [6.07, 6.45) is 6.54. The molecular formula is C30H40N6O4. The van der Waals surface area contributed by atoms with Gasteiger partial charge in [0.05, 0.1) is 25.8 Å². The lowest BCUT2D eigenvalue weighted by Crippen LogP contribution is -2.54. The largest absolute Gasteiger partial charge is 0.361 e. The van der Waals surface area contributed by atoms with Crippen molar-refractivity contribution in [2.24, 2.45) is 11.7 Å². The van der Waals surface area contributed by atoms with Crippen LogP contribution in [0.5, 0.6) is 0 Å². The minimum atomic E-state index is -0.740. The Labute approximate surface area is 235 Å². The van der Waals surface area contributed by atoms with Crippen LogP contribution in [0, 0.1) is 5.92 Å². The molecule has 2 aliphatic heterocycles. The summed E-state index contributed by atoms with van der Waals surface area (Å²) in [4.78, 5) is 38.9. The van der Waals surface area contributed by atoms with Gasteiger partial charge in [0.25, 0.3) is 0 Å². The molecule has 40 heavy (non-hydrogen) atoms. The van der Waals surface area contributed by atoms with Crippen LogP contribution in [0.4, 0.5) is 0 Å². The fourth-order valence-corrected chi connectivity index (χ4v) is 5.64. The number of carbonyl (C=O) groups is 2. The Morgan fingerprint density at radius 2 is 1.93 bits per heavy atom. The van der Waals surface area contributed by atoms with Crippen LogP contribution < -0.4 is 11.1 Å². The predicted octanol–water partition coefficient (Wildman–Crippen LogP) is 2.22. The van der Waals surface area contributed by atoms with Gasteiger partial charge in [-0.3, -0.25) is 19.5 Å². The minimum absolute atomic E-state index is 0.0735. The third-order valence-electron chi connectivity index (χ3n) is 8.05. The zero-order chi connectivity index (χ0) is 28.1.